The van der Waals surface area contributed by atoms with E-state index in [-0.39, 0.29) is 24.1 Å². The van der Waals surface area contributed by atoms with E-state index in [1.165, 1.54) is 19.1 Å². The molecule has 0 saturated carbocycles. The Labute approximate surface area is 135 Å². The average Bonchev–Trinajstić information content (AvgIpc) is 2.58. The molecule has 122 valence electrons. The summed E-state index contributed by atoms with van der Waals surface area (Å²) in [6, 6.07) is 9.28. The predicted molar refractivity (Wildman–Crippen MR) is 86.4 cm³/mol. The summed E-state index contributed by atoms with van der Waals surface area (Å²) in [5.41, 5.74) is 0.278. The summed E-state index contributed by atoms with van der Waals surface area (Å²) in [6.07, 6.45) is 0. The van der Waals surface area contributed by atoms with Gasteiger partial charge in [0.15, 0.2) is 0 Å². The highest BCUT2D eigenvalue weighted by atomic mass is 16.5. The van der Waals surface area contributed by atoms with Crippen LogP contribution in [0.3, 0.4) is 0 Å². The molecular formula is C17H20N2O4. The molecule has 0 aliphatic heterocycles. The number of hydrogen-bond acceptors (Lipinski definition) is 5. The van der Waals surface area contributed by atoms with Crippen molar-refractivity contribution in [1.29, 1.82) is 0 Å². The quantitative estimate of drug-likeness (QED) is 0.790. The molecule has 0 N–H and O–H groups in total. The smallest absolute Gasteiger partial charge is 0.310 e. The second-order valence-electron chi connectivity index (χ2n) is 5.35. The van der Waals surface area contributed by atoms with Gasteiger partial charge in [0.25, 0.3) is 5.91 Å². The molecule has 1 heterocycles. The standard InChI is InChI=1S/C17H20N2O4/c1-11(17(21)23-4)10-19(2)16(20)14-9-12-7-5-6-8-13(12)15(18-14)22-3/h5-9,11H,10H2,1-4H3/t11-/m1/s1. The molecule has 2 aromatic rings. The normalized spacial score (nSPS) is 11.8. The molecule has 2 rings (SSSR count). The highest BCUT2D eigenvalue weighted by Gasteiger charge is 2.21. The van der Waals surface area contributed by atoms with Crippen LogP contribution < -0.4 is 4.74 Å². The van der Waals surface area contributed by atoms with Gasteiger partial charge in [0.2, 0.25) is 5.88 Å². The number of carbonyl (C=O) groups is 2. The predicted octanol–water partition coefficient (Wildman–Crippen LogP) is 2.12. The van der Waals surface area contributed by atoms with Gasteiger partial charge in [-0.05, 0) is 17.5 Å². The van der Waals surface area contributed by atoms with E-state index in [4.69, 9.17) is 4.74 Å². The Bertz CT molecular complexity index is 730. The number of carbonyl (C=O) groups excluding carboxylic acids is 2. The molecule has 0 unspecified atom stereocenters. The van der Waals surface area contributed by atoms with Gasteiger partial charge < -0.3 is 14.4 Å². The van der Waals surface area contributed by atoms with Crippen LogP contribution in [0.25, 0.3) is 10.8 Å². The van der Waals surface area contributed by atoms with Gasteiger partial charge in [-0.1, -0.05) is 25.1 Å². The van der Waals surface area contributed by atoms with Crippen molar-refractivity contribution in [2.24, 2.45) is 5.92 Å². The Morgan fingerprint density at radius 2 is 1.96 bits per heavy atom. The molecule has 6 nitrogen and oxygen atoms in total. The highest BCUT2D eigenvalue weighted by Crippen LogP contribution is 2.24. The van der Waals surface area contributed by atoms with E-state index >= 15 is 0 Å². The van der Waals surface area contributed by atoms with Crippen LogP contribution in [0.4, 0.5) is 0 Å². The molecule has 1 aromatic carbocycles. The zero-order chi connectivity index (χ0) is 17.0. The zero-order valence-corrected chi connectivity index (χ0v) is 13.7. The van der Waals surface area contributed by atoms with E-state index in [1.807, 2.05) is 24.3 Å². The minimum Gasteiger partial charge on any atom is -0.481 e. The lowest BCUT2D eigenvalue weighted by Crippen LogP contribution is -2.34. The first-order chi connectivity index (χ1) is 11.0. The van der Waals surface area contributed by atoms with E-state index < -0.39 is 5.92 Å². The summed E-state index contributed by atoms with van der Waals surface area (Å²) >= 11 is 0. The molecule has 6 heteroatoms. The van der Waals surface area contributed by atoms with Crippen molar-refractivity contribution in [3.63, 3.8) is 0 Å². The van der Waals surface area contributed by atoms with Gasteiger partial charge in [-0.15, -0.1) is 0 Å². The number of rotatable bonds is 5. The van der Waals surface area contributed by atoms with E-state index in [0.29, 0.717) is 5.88 Å². The van der Waals surface area contributed by atoms with Gasteiger partial charge in [0, 0.05) is 19.0 Å². The number of aromatic nitrogens is 1. The number of ether oxygens (including phenoxy) is 2. The summed E-state index contributed by atoms with van der Waals surface area (Å²) in [6.45, 7) is 1.96. The summed E-state index contributed by atoms with van der Waals surface area (Å²) < 4.78 is 9.96. The maximum atomic E-state index is 12.6. The Hall–Kier alpha value is -2.63. The first kappa shape index (κ1) is 16.7. The van der Waals surface area contributed by atoms with Crippen molar-refractivity contribution < 1.29 is 19.1 Å². The van der Waals surface area contributed by atoms with Crippen LogP contribution in [0.15, 0.2) is 30.3 Å². The van der Waals surface area contributed by atoms with E-state index in [1.54, 1.807) is 20.0 Å². The number of methoxy groups -OCH3 is 2. The van der Waals surface area contributed by atoms with Crippen molar-refractivity contribution in [1.82, 2.24) is 9.88 Å². The van der Waals surface area contributed by atoms with Gasteiger partial charge >= 0.3 is 5.97 Å². The fourth-order valence-electron chi connectivity index (χ4n) is 2.40. The molecular weight excluding hydrogens is 296 g/mol. The molecule has 1 aromatic heterocycles. The SMILES string of the molecule is COC(=O)[C@H](C)CN(C)C(=O)c1cc2ccccc2c(OC)n1. The minimum absolute atomic E-state index is 0.252. The molecule has 23 heavy (non-hydrogen) atoms. The van der Waals surface area contributed by atoms with E-state index in [9.17, 15) is 9.59 Å². The summed E-state index contributed by atoms with van der Waals surface area (Å²) in [5.74, 6) is -0.629. The van der Waals surface area contributed by atoms with Crippen molar-refractivity contribution in [3.8, 4) is 5.88 Å². The van der Waals surface area contributed by atoms with Gasteiger partial charge in [0.05, 0.1) is 20.1 Å². The minimum atomic E-state index is -0.406. The third kappa shape index (κ3) is 3.59. The van der Waals surface area contributed by atoms with Gasteiger partial charge in [0.1, 0.15) is 5.69 Å². The summed E-state index contributed by atoms with van der Waals surface area (Å²) in [7, 11) is 4.48. The molecule has 0 radical (unpaired) electrons. The molecule has 0 fully saturated rings. The Morgan fingerprint density at radius 3 is 2.61 bits per heavy atom. The third-order valence-corrected chi connectivity index (χ3v) is 3.62. The number of pyridine rings is 1. The molecule has 0 aliphatic carbocycles. The van der Waals surface area contributed by atoms with Crippen LogP contribution in [0, 0.1) is 5.92 Å². The van der Waals surface area contributed by atoms with Crippen LogP contribution >= 0.6 is 0 Å². The lowest BCUT2D eigenvalue weighted by atomic mass is 10.1. The average molecular weight is 316 g/mol. The number of esters is 1. The van der Waals surface area contributed by atoms with Gasteiger partial charge in [-0.2, -0.15) is 0 Å². The lowest BCUT2D eigenvalue weighted by Gasteiger charge is -2.20. The van der Waals surface area contributed by atoms with Gasteiger partial charge in [-0.3, -0.25) is 9.59 Å². The first-order valence-corrected chi connectivity index (χ1v) is 7.25. The second kappa shape index (κ2) is 7.09. The van der Waals surface area contributed by atoms with Gasteiger partial charge in [-0.25, -0.2) is 4.98 Å². The monoisotopic (exact) mass is 316 g/mol. The molecule has 0 saturated heterocycles. The molecule has 0 bridgehead atoms. The van der Waals surface area contributed by atoms with Crippen molar-refractivity contribution in [2.45, 2.75) is 6.92 Å². The molecule has 0 spiro atoms. The van der Waals surface area contributed by atoms with Crippen molar-refractivity contribution in [3.05, 3.63) is 36.0 Å². The molecule has 1 amide bonds. The van der Waals surface area contributed by atoms with E-state index in [0.717, 1.165) is 10.8 Å². The fraction of sp³-hybridized carbons (Fsp3) is 0.353. The van der Waals surface area contributed by atoms with Crippen LogP contribution in [0.1, 0.15) is 17.4 Å². The number of nitrogens with zero attached hydrogens (tertiary/aromatic N) is 2. The Balaban J connectivity index is 2.28. The van der Waals surface area contributed by atoms with Crippen LogP contribution in [0.2, 0.25) is 0 Å². The number of benzene rings is 1. The first-order valence-electron chi connectivity index (χ1n) is 7.25. The van der Waals surface area contributed by atoms with Crippen LogP contribution in [-0.4, -0.2) is 49.6 Å². The van der Waals surface area contributed by atoms with Crippen LogP contribution in [-0.2, 0) is 9.53 Å². The number of hydrogen-bond donors (Lipinski definition) is 0. The maximum Gasteiger partial charge on any atom is 0.310 e. The van der Waals surface area contributed by atoms with E-state index in [2.05, 4.69) is 9.72 Å². The van der Waals surface area contributed by atoms with Crippen molar-refractivity contribution in [2.75, 3.05) is 27.8 Å². The largest absolute Gasteiger partial charge is 0.481 e. The van der Waals surface area contributed by atoms with Crippen LogP contribution in [0.5, 0.6) is 5.88 Å². The third-order valence-electron chi connectivity index (χ3n) is 3.62. The topological polar surface area (TPSA) is 68.7 Å². The summed E-state index contributed by atoms with van der Waals surface area (Å²) in [4.78, 5) is 29.8. The van der Waals surface area contributed by atoms with Crippen molar-refractivity contribution >= 4 is 22.6 Å². The number of amides is 1. The Morgan fingerprint density at radius 1 is 1.26 bits per heavy atom. The molecule has 0 aliphatic rings. The molecule has 1 atom stereocenters. The number of fused-ring (bicyclic) bond motifs is 1. The fourth-order valence-corrected chi connectivity index (χ4v) is 2.40. The maximum absolute atomic E-state index is 12.6. The lowest BCUT2D eigenvalue weighted by molar-refractivity contribution is -0.145. The Kier molecular flexibility index (Phi) is 5.16. The zero-order valence-electron chi connectivity index (χ0n) is 13.7. The highest BCUT2D eigenvalue weighted by molar-refractivity contribution is 5.98. The summed E-state index contributed by atoms with van der Waals surface area (Å²) in [5, 5.41) is 1.72. The second-order valence-corrected chi connectivity index (χ2v) is 5.35.